The summed E-state index contributed by atoms with van der Waals surface area (Å²) in [5.74, 6) is -0.785. The Hall–Kier alpha value is -4.17. The molecule has 1 amide bonds. The van der Waals surface area contributed by atoms with Crippen LogP contribution in [0.25, 0.3) is 11.4 Å². The van der Waals surface area contributed by atoms with Crippen molar-refractivity contribution >= 4 is 29.2 Å². The van der Waals surface area contributed by atoms with Crippen molar-refractivity contribution in [2.24, 2.45) is 0 Å². The van der Waals surface area contributed by atoms with E-state index in [1.807, 2.05) is 24.3 Å². The number of aromatic nitrogens is 3. The van der Waals surface area contributed by atoms with Crippen LogP contribution in [0, 0.1) is 0 Å². The molecule has 37 heavy (non-hydrogen) atoms. The molecule has 3 heterocycles. The number of carbonyl (C=O) groups excluding carboxylic acids is 2. The Kier molecular flexibility index (Phi) is 5.49. The Balaban J connectivity index is 1.46. The summed E-state index contributed by atoms with van der Waals surface area (Å²) in [6, 6.07) is 19.3. The van der Waals surface area contributed by atoms with Crippen LogP contribution in [-0.2, 0) is 10.2 Å². The molecule has 1 spiro atoms. The fourth-order valence-corrected chi connectivity index (χ4v) is 5.14. The zero-order chi connectivity index (χ0) is 25.7. The van der Waals surface area contributed by atoms with E-state index < -0.39 is 5.97 Å². The van der Waals surface area contributed by atoms with E-state index in [0.717, 1.165) is 12.8 Å². The molecule has 0 N–H and O–H groups in total. The Bertz CT molecular complexity index is 1580. The Morgan fingerprint density at radius 3 is 2.30 bits per heavy atom. The molecule has 1 saturated carbocycles. The number of anilines is 1. The lowest BCUT2D eigenvalue weighted by atomic mass is 9.88. The number of benzene rings is 2. The van der Waals surface area contributed by atoms with E-state index in [9.17, 15) is 14.4 Å². The lowest BCUT2D eigenvalue weighted by Gasteiger charge is -2.33. The molecule has 4 aromatic rings. The molecule has 0 radical (unpaired) electrons. The first-order valence-electron chi connectivity index (χ1n) is 12.1. The van der Waals surface area contributed by atoms with E-state index in [-0.39, 0.29) is 29.2 Å². The van der Waals surface area contributed by atoms with Crippen molar-refractivity contribution in [3.8, 4) is 11.4 Å². The Labute approximate surface area is 217 Å². The molecule has 0 saturated heterocycles. The SMILES string of the molecule is CCOC(=O)c1nn(-c2ccc(Cl)cc2)c2c1C1(CC1)CN(c1ccc(-n3ccccc3=O)cc1)C2=O. The molecule has 186 valence electrons. The minimum absolute atomic E-state index is 0.135. The molecular formula is C28H23ClN4O4. The van der Waals surface area contributed by atoms with Crippen molar-refractivity contribution in [3.05, 3.63) is 105 Å². The normalized spacial score (nSPS) is 15.5. The number of halogens is 1. The van der Waals surface area contributed by atoms with Gasteiger partial charge < -0.3 is 9.64 Å². The van der Waals surface area contributed by atoms with E-state index in [1.165, 1.54) is 10.7 Å². The predicted octanol–water partition coefficient (Wildman–Crippen LogP) is 4.55. The van der Waals surface area contributed by atoms with Crippen LogP contribution in [0.1, 0.15) is 46.3 Å². The molecule has 2 aromatic carbocycles. The lowest BCUT2D eigenvalue weighted by molar-refractivity contribution is 0.0516. The van der Waals surface area contributed by atoms with E-state index in [1.54, 1.807) is 59.0 Å². The van der Waals surface area contributed by atoms with Gasteiger partial charge in [0.15, 0.2) is 5.69 Å². The third-order valence-electron chi connectivity index (χ3n) is 6.98. The van der Waals surface area contributed by atoms with Crippen LogP contribution in [-0.4, -0.2) is 39.4 Å². The number of carbonyl (C=O) groups is 2. The van der Waals surface area contributed by atoms with E-state index in [2.05, 4.69) is 5.10 Å². The van der Waals surface area contributed by atoms with Gasteiger partial charge in [-0.25, -0.2) is 9.48 Å². The fraction of sp³-hybridized carbons (Fsp3) is 0.214. The van der Waals surface area contributed by atoms with E-state index in [0.29, 0.717) is 39.9 Å². The zero-order valence-corrected chi connectivity index (χ0v) is 20.8. The quantitative estimate of drug-likeness (QED) is 0.365. The molecule has 1 fully saturated rings. The van der Waals surface area contributed by atoms with Gasteiger partial charge in [0.25, 0.3) is 11.5 Å². The van der Waals surface area contributed by atoms with Gasteiger partial charge in [-0.05, 0) is 74.4 Å². The number of fused-ring (bicyclic) bond motifs is 2. The van der Waals surface area contributed by atoms with Gasteiger partial charge in [-0.15, -0.1) is 0 Å². The zero-order valence-electron chi connectivity index (χ0n) is 20.1. The number of rotatable bonds is 5. The Morgan fingerprint density at radius 1 is 0.973 bits per heavy atom. The highest BCUT2D eigenvalue weighted by Crippen LogP contribution is 2.54. The average Bonchev–Trinajstić information content (AvgIpc) is 3.55. The van der Waals surface area contributed by atoms with Gasteiger partial charge >= 0.3 is 5.97 Å². The molecule has 1 aliphatic carbocycles. The van der Waals surface area contributed by atoms with Gasteiger partial charge in [-0.3, -0.25) is 14.2 Å². The van der Waals surface area contributed by atoms with E-state index in [4.69, 9.17) is 16.3 Å². The van der Waals surface area contributed by atoms with E-state index >= 15 is 0 Å². The van der Waals surface area contributed by atoms with Gasteiger partial charge in [0.1, 0.15) is 5.69 Å². The first kappa shape index (κ1) is 23.2. The predicted molar refractivity (Wildman–Crippen MR) is 139 cm³/mol. The van der Waals surface area contributed by atoms with Crippen LogP contribution in [0.2, 0.25) is 5.02 Å². The molecule has 8 nitrogen and oxygen atoms in total. The molecular weight excluding hydrogens is 492 g/mol. The number of hydrogen-bond donors (Lipinski definition) is 0. The maximum absolute atomic E-state index is 14.0. The van der Waals surface area contributed by atoms with Crippen molar-refractivity contribution < 1.29 is 14.3 Å². The highest BCUT2D eigenvalue weighted by molar-refractivity contribution is 6.30. The summed E-state index contributed by atoms with van der Waals surface area (Å²) >= 11 is 6.09. The minimum atomic E-state index is -0.531. The number of amides is 1. The first-order valence-corrected chi connectivity index (χ1v) is 12.5. The second-order valence-corrected chi connectivity index (χ2v) is 9.71. The molecule has 6 rings (SSSR count). The molecule has 0 unspecified atom stereocenters. The fourth-order valence-electron chi connectivity index (χ4n) is 5.01. The van der Waals surface area contributed by atoms with Gasteiger partial charge in [0, 0.05) is 46.2 Å². The standard InChI is InChI=1S/C28H23ClN4O4/c1-2-37-27(36)24-23-25(33(30-24)21-8-6-18(29)7-9-21)26(35)32(17-28(23)14-15-28)20-12-10-19(11-13-20)31-16-4-3-5-22(31)34/h3-13,16H,2,14-15,17H2,1H3. The van der Waals surface area contributed by atoms with Gasteiger partial charge in [0.05, 0.1) is 12.3 Å². The highest BCUT2D eigenvalue weighted by Gasteiger charge is 2.56. The van der Waals surface area contributed by atoms with Gasteiger partial charge in [-0.1, -0.05) is 17.7 Å². The molecule has 2 aromatic heterocycles. The van der Waals surface area contributed by atoms with Crippen LogP contribution in [0.4, 0.5) is 5.69 Å². The summed E-state index contributed by atoms with van der Waals surface area (Å²) in [5, 5.41) is 5.16. The summed E-state index contributed by atoms with van der Waals surface area (Å²) in [5.41, 5.74) is 2.74. The summed E-state index contributed by atoms with van der Waals surface area (Å²) in [6.07, 6.45) is 3.37. The minimum Gasteiger partial charge on any atom is -0.461 e. The maximum Gasteiger partial charge on any atom is 0.359 e. The summed E-state index contributed by atoms with van der Waals surface area (Å²) in [4.78, 5) is 40.9. The number of pyridine rings is 1. The van der Waals surface area contributed by atoms with Crippen molar-refractivity contribution in [1.82, 2.24) is 14.3 Å². The van der Waals surface area contributed by atoms with Crippen LogP contribution in [0.3, 0.4) is 0 Å². The molecule has 9 heteroatoms. The largest absolute Gasteiger partial charge is 0.461 e. The molecule has 0 bridgehead atoms. The second-order valence-electron chi connectivity index (χ2n) is 9.28. The van der Waals surface area contributed by atoms with Gasteiger partial charge in [0.2, 0.25) is 0 Å². The van der Waals surface area contributed by atoms with Crippen LogP contribution in [0.15, 0.2) is 77.7 Å². The smallest absolute Gasteiger partial charge is 0.359 e. The summed E-state index contributed by atoms with van der Waals surface area (Å²) in [6.45, 7) is 2.39. The van der Waals surface area contributed by atoms with Crippen molar-refractivity contribution in [1.29, 1.82) is 0 Å². The maximum atomic E-state index is 14.0. The second kappa shape index (κ2) is 8.74. The number of esters is 1. The highest BCUT2D eigenvalue weighted by atomic mass is 35.5. The van der Waals surface area contributed by atoms with Gasteiger partial charge in [-0.2, -0.15) is 5.10 Å². The number of hydrogen-bond acceptors (Lipinski definition) is 5. The summed E-state index contributed by atoms with van der Waals surface area (Å²) in [7, 11) is 0. The molecule has 0 atom stereocenters. The first-order chi connectivity index (χ1) is 17.9. The van der Waals surface area contributed by atoms with Crippen LogP contribution < -0.4 is 10.5 Å². The van der Waals surface area contributed by atoms with Crippen molar-refractivity contribution in [2.75, 3.05) is 18.1 Å². The molecule has 1 aliphatic heterocycles. The monoisotopic (exact) mass is 514 g/mol. The number of nitrogens with zero attached hydrogens (tertiary/aromatic N) is 4. The molecule has 2 aliphatic rings. The van der Waals surface area contributed by atoms with Crippen molar-refractivity contribution in [2.45, 2.75) is 25.2 Å². The topological polar surface area (TPSA) is 86.4 Å². The third kappa shape index (κ3) is 3.84. The van der Waals surface area contributed by atoms with Crippen molar-refractivity contribution in [3.63, 3.8) is 0 Å². The Morgan fingerprint density at radius 2 is 1.65 bits per heavy atom. The number of ether oxygens (including phenoxy) is 1. The average molecular weight is 515 g/mol. The lowest BCUT2D eigenvalue weighted by Crippen LogP contribution is -2.44. The summed E-state index contributed by atoms with van der Waals surface area (Å²) < 4.78 is 8.38. The third-order valence-corrected chi connectivity index (χ3v) is 7.23. The van der Waals surface area contributed by atoms with Crippen LogP contribution >= 0.6 is 11.6 Å². The van der Waals surface area contributed by atoms with Crippen LogP contribution in [0.5, 0.6) is 0 Å².